The van der Waals surface area contributed by atoms with Crippen molar-refractivity contribution < 1.29 is 9.59 Å². The molecule has 1 aliphatic carbocycles. The number of urea groups is 1. The summed E-state index contributed by atoms with van der Waals surface area (Å²) in [5, 5.41) is 9.34. The zero-order chi connectivity index (χ0) is 15.1. The summed E-state index contributed by atoms with van der Waals surface area (Å²) in [6, 6.07) is 4.44. The number of rotatable bonds is 4. The first kappa shape index (κ1) is 12.9. The van der Waals surface area contributed by atoms with Gasteiger partial charge < -0.3 is 5.32 Å². The average molecular weight is 298 g/mol. The van der Waals surface area contributed by atoms with Crippen molar-refractivity contribution in [3.05, 3.63) is 36.0 Å². The molecular formula is C14H14N6O2. The molecule has 8 heteroatoms. The third-order valence-corrected chi connectivity index (χ3v) is 3.74. The van der Waals surface area contributed by atoms with Gasteiger partial charge in [0.2, 0.25) is 0 Å². The quantitative estimate of drug-likeness (QED) is 0.790. The van der Waals surface area contributed by atoms with Crippen LogP contribution in [0.3, 0.4) is 0 Å². The predicted octanol–water partition coefficient (Wildman–Crippen LogP) is 0.290. The molecule has 112 valence electrons. The van der Waals surface area contributed by atoms with Crippen LogP contribution in [0, 0.1) is 0 Å². The second kappa shape index (κ2) is 4.90. The first-order valence-corrected chi connectivity index (χ1v) is 7.19. The van der Waals surface area contributed by atoms with Gasteiger partial charge in [-0.2, -0.15) is 4.68 Å². The van der Waals surface area contributed by atoms with Gasteiger partial charge in [0.25, 0.3) is 5.91 Å². The van der Waals surface area contributed by atoms with Crippen molar-refractivity contribution in [2.24, 2.45) is 0 Å². The van der Waals surface area contributed by atoms with Gasteiger partial charge in [0, 0.05) is 18.5 Å². The molecule has 22 heavy (non-hydrogen) atoms. The molecular weight excluding hydrogens is 284 g/mol. The number of carbonyl (C=O) groups excluding carboxylic acids is 2. The van der Waals surface area contributed by atoms with E-state index in [-0.39, 0.29) is 12.3 Å². The highest BCUT2D eigenvalue weighted by Crippen LogP contribution is 2.38. The minimum Gasteiger partial charge on any atom is -0.326 e. The van der Waals surface area contributed by atoms with E-state index in [1.165, 1.54) is 0 Å². The predicted molar refractivity (Wildman–Crippen MR) is 75.3 cm³/mol. The summed E-state index contributed by atoms with van der Waals surface area (Å²) in [7, 11) is 0. The van der Waals surface area contributed by atoms with Crippen molar-refractivity contribution in [2.45, 2.75) is 31.2 Å². The summed E-state index contributed by atoms with van der Waals surface area (Å²) in [6.07, 6.45) is 4.15. The van der Waals surface area contributed by atoms with E-state index >= 15 is 0 Å². The Bertz CT molecular complexity index is 737. The normalized spacial score (nSPS) is 20.8. The largest absolute Gasteiger partial charge is 0.326 e. The van der Waals surface area contributed by atoms with Crippen molar-refractivity contribution >= 4 is 11.9 Å². The maximum Gasteiger partial charge on any atom is 0.322 e. The molecule has 3 heterocycles. The number of hydrogen-bond acceptors (Lipinski definition) is 5. The first-order chi connectivity index (χ1) is 10.7. The van der Waals surface area contributed by atoms with Gasteiger partial charge in [-0.3, -0.25) is 10.1 Å². The van der Waals surface area contributed by atoms with E-state index in [4.69, 9.17) is 0 Å². The maximum atomic E-state index is 11.7. The summed E-state index contributed by atoms with van der Waals surface area (Å²) in [4.78, 5) is 31.8. The standard InChI is InChI=1S/C14H14N6O2/c21-13-9(16-14(22)18-13)7-11-17-12(8-4-5-8)19-20(11)10-3-1-2-6-15-10/h1-3,6,8-9H,4-5,7H2,(H2,16,18,21,22). The van der Waals surface area contributed by atoms with Crippen molar-refractivity contribution in [2.75, 3.05) is 0 Å². The summed E-state index contributed by atoms with van der Waals surface area (Å²) in [6.45, 7) is 0. The van der Waals surface area contributed by atoms with Gasteiger partial charge in [0.15, 0.2) is 11.6 Å². The van der Waals surface area contributed by atoms with Gasteiger partial charge in [0.05, 0.1) is 0 Å². The minimum atomic E-state index is -0.619. The highest BCUT2D eigenvalue weighted by atomic mass is 16.2. The van der Waals surface area contributed by atoms with Gasteiger partial charge in [-0.05, 0) is 25.0 Å². The molecule has 1 saturated carbocycles. The van der Waals surface area contributed by atoms with Gasteiger partial charge >= 0.3 is 6.03 Å². The molecule has 4 rings (SSSR count). The topological polar surface area (TPSA) is 102 Å². The second-order valence-corrected chi connectivity index (χ2v) is 5.48. The molecule has 0 spiro atoms. The Kier molecular flexibility index (Phi) is 2.88. The Morgan fingerprint density at radius 3 is 2.77 bits per heavy atom. The van der Waals surface area contributed by atoms with Crippen molar-refractivity contribution in [1.29, 1.82) is 0 Å². The molecule has 0 aromatic carbocycles. The Morgan fingerprint density at radius 2 is 2.14 bits per heavy atom. The lowest BCUT2D eigenvalue weighted by molar-refractivity contribution is -0.120. The summed E-state index contributed by atoms with van der Waals surface area (Å²) in [5.41, 5.74) is 0. The smallest absolute Gasteiger partial charge is 0.322 e. The van der Waals surface area contributed by atoms with Gasteiger partial charge in [0.1, 0.15) is 11.9 Å². The zero-order valence-corrected chi connectivity index (χ0v) is 11.7. The molecule has 2 aromatic rings. The van der Waals surface area contributed by atoms with Crippen LogP contribution in [0.15, 0.2) is 24.4 Å². The molecule has 0 radical (unpaired) electrons. The highest BCUT2D eigenvalue weighted by Gasteiger charge is 2.33. The summed E-state index contributed by atoms with van der Waals surface area (Å²) in [5.74, 6) is 2.12. The number of pyridine rings is 1. The van der Waals surface area contributed by atoms with Gasteiger partial charge in [-0.1, -0.05) is 6.07 Å². The van der Waals surface area contributed by atoms with E-state index in [0.717, 1.165) is 18.7 Å². The first-order valence-electron chi connectivity index (χ1n) is 7.19. The third-order valence-electron chi connectivity index (χ3n) is 3.74. The Hall–Kier alpha value is -2.77. The lowest BCUT2D eigenvalue weighted by atomic mass is 10.2. The highest BCUT2D eigenvalue weighted by molar-refractivity contribution is 6.04. The number of nitrogens with zero attached hydrogens (tertiary/aromatic N) is 4. The van der Waals surface area contributed by atoms with Gasteiger partial charge in [-0.15, -0.1) is 5.10 Å². The van der Waals surface area contributed by atoms with Crippen LogP contribution in [0.5, 0.6) is 0 Å². The maximum absolute atomic E-state index is 11.7. The van der Waals surface area contributed by atoms with E-state index in [9.17, 15) is 9.59 Å². The molecule has 1 saturated heterocycles. The van der Waals surface area contributed by atoms with Crippen molar-refractivity contribution in [3.63, 3.8) is 0 Å². The molecule has 2 aliphatic rings. The Morgan fingerprint density at radius 1 is 1.27 bits per heavy atom. The fraction of sp³-hybridized carbons (Fsp3) is 0.357. The summed E-state index contributed by atoms with van der Waals surface area (Å²) < 4.78 is 1.66. The van der Waals surface area contributed by atoms with E-state index in [2.05, 4.69) is 25.7 Å². The van der Waals surface area contributed by atoms with E-state index in [1.54, 1.807) is 10.9 Å². The number of imide groups is 1. The van der Waals surface area contributed by atoms with E-state index in [1.807, 2.05) is 18.2 Å². The van der Waals surface area contributed by atoms with Crippen LogP contribution in [0.1, 0.15) is 30.4 Å². The second-order valence-electron chi connectivity index (χ2n) is 5.48. The monoisotopic (exact) mass is 298 g/mol. The molecule has 1 unspecified atom stereocenters. The minimum absolute atomic E-state index is 0.286. The molecule has 2 aromatic heterocycles. The van der Waals surface area contributed by atoms with Crippen molar-refractivity contribution in [1.82, 2.24) is 30.4 Å². The molecule has 3 amide bonds. The fourth-order valence-electron chi connectivity index (χ4n) is 2.46. The van der Waals surface area contributed by atoms with Crippen LogP contribution in [-0.2, 0) is 11.2 Å². The third kappa shape index (κ3) is 2.32. The number of hydrogen-bond donors (Lipinski definition) is 2. The van der Waals surface area contributed by atoms with E-state index in [0.29, 0.717) is 17.6 Å². The summed E-state index contributed by atoms with van der Waals surface area (Å²) >= 11 is 0. The molecule has 8 nitrogen and oxygen atoms in total. The number of carbonyl (C=O) groups is 2. The van der Waals surface area contributed by atoms with Crippen molar-refractivity contribution in [3.8, 4) is 5.82 Å². The SMILES string of the molecule is O=C1NC(=O)C(Cc2nc(C3CC3)nn2-c2ccccn2)N1. The van der Waals surface area contributed by atoms with Crippen LogP contribution in [-0.4, -0.2) is 37.7 Å². The molecule has 1 aliphatic heterocycles. The molecule has 0 bridgehead atoms. The van der Waals surface area contributed by atoms with Crippen LogP contribution >= 0.6 is 0 Å². The van der Waals surface area contributed by atoms with Gasteiger partial charge in [-0.25, -0.2) is 14.8 Å². The lowest BCUT2D eigenvalue weighted by Crippen LogP contribution is -2.32. The zero-order valence-electron chi connectivity index (χ0n) is 11.7. The number of amides is 3. The Balaban J connectivity index is 1.68. The number of nitrogens with one attached hydrogen (secondary N) is 2. The Labute approximate surface area is 126 Å². The van der Waals surface area contributed by atoms with Crippen LogP contribution < -0.4 is 10.6 Å². The molecule has 2 fully saturated rings. The molecule has 1 atom stereocenters. The van der Waals surface area contributed by atoms with E-state index < -0.39 is 12.1 Å². The average Bonchev–Trinajstić information content (AvgIpc) is 3.21. The number of aromatic nitrogens is 4. The van der Waals surface area contributed by atoms with Crippen LogP contribution in [0.2, 0.25) is 0 Å². The van der Waals surface area contributed by atoms with Crippen LogP contribution in [0.25, 0.3) is 5.82 Å². The fourth-order valence-corrected chi connectivity index (χ4v) is 2.46. The molecule has 2 N–H and O–H groups in total. The van der Waals surface area contributed by atoms with Crippen LogP contribution in [0.4, 0.5) is 4.79 Å². The lowest BCUT2D eigenvalue weighted by Gasteiger charge is -2.07.